The fraction of sp³-hybridized carbons (Fsp3) is 0.520. The van der Waals surface area contributed by atoms with Crippen LogP contribution in [0.15, 0.2) is 53.6 Å². The van der Waals surface area contributed by atoms with Crippen LogP contribution in [0.5, 0.6) is 0 Å². The Kier molecular flexibility index (Phi) is 6.23. The van der Waals surface area contributed by atoms with Crippen molar-refractivity contribution >= 4 is 11.9 Å². The van der Waals surface area contributed by atoms with Gasteiger partial charge in [0.2, 0.25) is 0 Å². The van der Waals surface area contributed by atoms with Gasteiger partial charge in [-0.3, -0.25) is 9.59 Å². The monoisotopic (exact) mass is 412 g/mol. The summed E-state index contributed by atoms with van der Waals surface area (Å²) in [6.45, 7) is 14.1. The SMILES string of the molecule is C=C(C)C1=C2CC(C(=O)OCC)(C(=O)OCC)C[C@@H]2C(C)(C)O[C@H]1c1ccccc1. The second kappa shape index (κ2) is 8.38. The summed E-state index contributed by atoms with van der Waals surface area (Å²) in [5.74, 6) is -1.14. The van der Waals surface area contributed by atoms with Gasteiger partial charge in [-0.2, -0.15) is 0 Å². The van der Waals surface area contributed by atoms with Gasteiger partial charge in [-0.25, -0.2) is 0 Å². The summed E-state index contributed by atoms with van der Waals surface area (Å²) in [4.78, 5) is 26.1. The maximum absolute atomic E-state index is 13.1. The molecule has 0 bridgehead atoms. The van der Waals surface area contributed by atoms with E-state index < -0.39 is 23.0 Å². The Morgan fingerprint density at radius 3 is 2.17 bits per heavy atom. The first-order valence-corrected chi connectivity index (χ1v) is 10.6. The molecule has 0 spiro atoms. The first-order valence-electron chi connectivity index (χ1n) is 10.6. The van der Waals surface area contributed by atoms with Crippen LogP contribution in [0, 0.1) is 11.3 Å². The van der Waals surface area contributed by atoms with Gasteiger partial charge in [0.1, 0.15) is 6.10 Å². The molecule has 0 saturated heterocycles. The third kappa shape index (κ3) is 3.71. The van der Waals surface area contributed by atoms with Gasteiger partial charge in [0.25, 0.3) is 0 Å². The first-order chi connectivity index (χ1) is 14.2. The Labute approximate surface area is 179 Å². The smallest absolute Gasteiger partial charge is 0.323 e. The molecule has 1 heterocycles. The predicted octanol–water partition coefficient (Wildman–Crippen LogP) is 4.93. The number of benzene rings is 1. The molecule has 30 heavy (non-hydrogen) atoms. The molecule has 162 valence electrons. The lowest BCUT2D eigenvalue weighted by Crippen LogP contribution is -2.43. The van der Waals surface area contributed by atoms with E-state index in [4.69, 9.17) is 14.2 Å². The Morgan fingerprint density at radius 2 is 1.67 bits per heavy atom. The Hall–Kier alpha value is -2.40. The van der Waals surface area contributed by atoms with Crippen molar-refractivity contribution in [2.75, 3.05) is 13.2 Å². The molecule has 1 fully saturated rings. The van der Waals surface area contributed by atoms with E-state index in [1.54, 1.807) is 13.8 Å². The Balaban J connectivity index is 2.18. The largest absolute Gasteiger partial charge is 0.465 e. The molecule has 1 saturated carbocycles. The van der Waals surface area contributed by atoms with Crippen LogP contribution >= 0.6 is 0 Å². The number of hydrogen-bond acceptors (Lipinski definition) is 5. The van der Waals surface area contributed by atoms with Crippen LogP contribution in [-0.2, 0) is 23.8 Å². The predicted molar refractivity (Wildman–Crippen MR) is 115 cm³/mol. The van der Waals surface area contributed by atoms with Crippen LogP contribution in [-0.4, -0.2) is 30.8 Å². The summed E-state index contributed by atoms with van der Waals surface area (Å²) in [6.07, 6.45) is 0.281. The number of carbonyl (C=O) groups excluding carboxylic acids is 2. The summed E-state index contributed by atoms with van der Waals surface area (Å²) in [5, 5.41) is 0. The average molecular weight is 413 g/mol. The third-order valence-electron chi connectivity index (χ3n) is 6.23. The van der Waals surface area contributed by atoms with E-state index in [9.17, 15) is 9.59 Å². The average Bonchev–Trinajstić information content (AvgIpc) is 3.11. The van der Waals surface area contributed by atoms with Gasteiger partial charge in [0.05, 0.1) is 18.8 Å². The van der Waals surface area contributed by atoms with Crippen molar-refractivity contribution in [1.29, 1.82) is 0 Å². The maximum Gasteiger partial charge on any atom is 0.323 e. The van der Waals surface area contributed by atoms with E-state index in [1.165, 1.54) is 0 Å². The number of ether oxygens (including phenoxy) is 3. The minimum atomic E-state index is -1.35. The molecule has 0 radical (unpaired) electrons. The summed E-state index contributed by atoms with van der Waals surface area (Å²) in [6, 6.07) is 9.99. The molecule has 1 aromatic carbocycles. The van der Waals surface area contributed by atoms with Gasteiger partial charge in [0, 0.05) is 5.92 Å². The molecule has 2 atom stereocenters. The molecule has 0 aromatic heterocycles. The third-order valence-corrected chi connectivity index (χ3v) is 6.23. The fourth-order valence-electron chi connectivity index (χ4n) is 4.85. The lowest BCUT2D eigenvalue weighted by molar-refractivity contribution is -0.172. The number of carbonyl (C=O) groups is 2. The summed E-state index contributed by atoms with van der Waals surface area (Å²) in [7, 11) is 0. The highest BCUT2D eigenvalue weighted by Gasteiger charge is 2.61. The second-order valence-electron chi connectivity index (χ2n) is 8.69. The zero-order chi connectivity index (χ0) is 22.1. The van der Waals surface area contributed by atoms with Gasteiger partial charge in [-0.15, -0.1) is 0 Å². The van der Waals surface area contributed by atoms with Crippen LogP contribution in [0.3, 0.4) is 0 Å². The van der Waals surface area contributed by atoms with E-state index in [0.717, 1.165) is 22.3 Å². The highest BCUT2D eigenvalue weighted by atomic mass is 16.6. The van der Waals surface area contributed by atoms with Gasteiger partial charge in [-0.1, -0.05) is 48.1 Å². The zero-order valence-electron chi connectivity index (χ0n) is 18.6. The summed E-state index contributed by atoms with van der Waals surface area (Å²) in [5.41, 5.74) is 2.01. The minimum Gasteiger partial charge on any atom is -0.465 e. The van der Waals surface area contributed by atoms with Gasteiger partial charge < -0.3 is 14.2 Å². The van der Waals surface area contributed by atoms with E-state index in [2.05, 4.69) is 6.58 Å². The van der Waals surface area contributed by atoms with E-state index >= 15 is 0 Å². The molecule has 2 aliphatic rings. The molecule has 1 aromatic rings. The quantitative estimate of drug-likeness (QED) is 0.490. The topological polar surface area (TPSA) is 61.8 Å². The van der Waals surface area contributed by atoms with Gasteiger partial charge in [-0.05, 0) is 58.6 Å². The molecule has 3 rings (SSSR count). The normalized spacial score (nSPS) is 24.2. The van der Waals surface area contributed by atoms with Gasteiger partial charge >= 0.3 is 11.9 Å². The summed E-state index contributed by atoms with van der Waals surface area (Å²) < 4.78 is 17.3. The van der Waals surface area contributed by atoms with Gasteiger partial charge in [0.15, 0.2) is 5.41 Å². The lowest BCUT2D eigenvalue weighted by atomic mass is 9.77. The Bertz CT molecular complexity index is 847. The number of rotatable bonds is 6. The molecule has 5 nitrogen and oxygen atoms in total. The van der Waals surface area contributed by atoms with Crippen molar-refractivity contribution in [3.63, 3.8) is 0 Å². The van der Waals surface area contributed by atoms with Crippen molar-refractivity contribution in [2.24, 2.45) is 11.3 Å². The van der Waals surface area contributed by atoms with E-state index in [1.807, 2.05) is 51.1 Å². The summed E-state index contributed by atoms with van der Waals surface area (Å²) >= 11 is 0. The van der Waals surface area contributed by atoms with Crippen molar-refractivity contribution in [1.82, 2.24) is 0 Å². The molecule has 1 aliphatic heterocycles. The maximum atomic E-state index is 13.1. The van der Waals surface area contributed by atoms with Crippen molar-refractivity contribution in [3.05, 3.63) is 59.2 Å². The van der Waals surface area contributed by atoms with Crippen molar-refractivity contribution < 1.29 is 23.8 Å². The first kappa shape index (κ1) is 22.3. The van der Waals surface area contributed by atoms with Crippen molar-refractivity contribution in [3.8, 4) is 0 Å². The molecule has 5 heteroatoms. The second-order valence-corrected chi connectivity index (χ2v) is 8.69. The minimum absolute atomic E-state index is 0.113. The Morgan fingerprint density at radius 1 is 1.10 bits per heavy atom. The zero-order valence-corrected chi connectivity index (χ0v) is 18.6. The fourth-order valence-corrected chi connectivity index (χ4v) is 4.85. The standard InChI is InChI=1S/C25H32O5/c1-7-28-22(26)25(23(27)29-8-2)14-18-19(15-25)24(5,6)30-21(20(18)16(3)4)17-12-10-9-11-13-17/h9-13,19,21H,3,7-8,14-15H2,1-2,4-6H3/t19-,21-/m0/s1. The van der Waals surface area contributed by atoms with Crippen LogP contribution in [0.2, 0.25) is 0 Å². The van der Waals surface area contributed by atoms with Crippen molar-refractivity contribution in [2.45, 2.75) is 59.2 Å². The molecule has 1 aliphatic carbocycles. The molecule has 0 amide bonds. The number of esters is 2. The van der Waals surface area contributed by atoms with E-state index in [-0.39, 0.29) is 31.7 Å². The molecule has 0 N–H and O–H groups in total. The molecular formula is C25H32O5. The van der Waals surface area contributed by atoms with E-state index in [0.29, 0.717) is 6.42 Å². The van der Waals surface area contributed by atoms with Crippen LogP contribution in [0.4, 0.5) is 0 Å². The number of hydrogen-bond donors (Lipinski definition) is 0. The highest BCUT2D eigenvalue weighted by Crippen LogP contribution is 2.58. The van der Waals surface area contributed by atoms with Crippen LogP contribution < -0.4 is 0 Å². The molecular weight excluding hydrogens is 380 g/mol. The van der Waals surface area contributed by atoms with Crippen LogP contribution in [0.1, 0.15) is 59.1 Å². The van der Waals surface area contributed by atoms with Crippen LogP contribution in [0.25, 0.3) is 0 Å². The number of fused-ring (bicyclic) bond motifs is 1. The highest BCUT2D eigenvalue weighted by molar-refractivity contribution is 6.01. The lowest BCUT2D eigenvalue weighted by Gasteiger charge is -2.43. The molecule has 0 unspecified atom stereocenters.